The third-order valence-electron chi connectivity index (χ3n) is 4.01. The van der Waals surface area contributed by atoms with Gasteiger partial charge in [0.25, 0.3) is 0 Å². The first-order chi connectivity index (χ1) is 10.9. The standard InChI is InChI=1S/C18H16N4/c19-9-4-1-5-11-22-18-16-12-20-10-8-14(16)13-6-2-3-7-15(13)17(18)21-22/h1-11,19-21H,12H2/b4-1-,11-5+,19-9?. The van der Waals surface area contributed by atoms with E-state index in [9.17, 15) is 0 Å². The van der Waals surface area contributed by atoms with E-state index in [0.29, 0.717) is 0 Å². The van der Waals surface area contributed by atoms with E-state index in [1.807, 2.05) is 29.2 Å². The molecule has 22 heavy (non-hydrogen) atoms. The molecule has 4 heteroatoms. The van der Waals surface area contributed by atoms with Gasteiger partial charge < -0.3 is 10.7 Å². The molecule has 3 aromatic rings. The normalized spacial score (nSPS) is 14.2. The zero-order valence-electron chi connectivity index (χ0n) is 12.0. The van der Waals surface area contributed by atoms with E-state index in [1.54, 1.807) is 6.08 Å². The van der Waals surface area contributed by atoms with Gasteiger partial charge in [0.15, 0.2) is 0 Å². The van der Waals surface area contributed by atoms with Crippen molar-refractivity contribution in [3.05, 3.63) is 59.8 Å². The van der Waals surface area contributed by atoms with Crippen molar-refractivity contribution in [3.63, 3.8) is 0 Å². The number of hydrogen-bond acceptors (Lipinski definition) is 2. The quantitative estimate of drug-likeness (QED) is 0.497. The second-order valence-corrected chi connectivity index (χ2v) is 5.25. The van der Waals surface area contributed by atoms with Crippen LogP contribution in [0.5, 0.6) is 0 Å². The van der Waals surface area contributed by atoms with E-state index >= 15 is 0 Å². The largest absolute Gasteiger partial charge is 0.387 e. The second-order valence-electron chi connectivity index (χ2n) is 5.25. The SMILES string of the molecule is N=C/C=C\C=C\n1[nH]c2c3ccccc3c3c(c21)CNC=C3. The van der Waals surface area contributed by atoms with Crippen molar-refractivity contribution in [2.24, 2.45) is 0 Å². The summed E-state index contributed by atoms with van der Waals surface area (Å²) in [6.07, 6.45) is 12.9. The molecule has 4 rings (SSSR count). The molecule has 0 atom stereocenters. The van der Waals surface area contributed by atoms with Crippen LogP contribution in [0.15, 0.2) is 48.7 Å². The van der Waals surface area contributed by atoms with Crippen molar-refractivity contribution < 1.29 is 0 Å². The fraction of sp³-hybridized carbons (Fsp3) is 0.0556. The highest BCUT2D eigenvalue weighted by molar-refractivity contribution is 6.11. The molecule has 2 aromatic carbocycles. The van der Waals surface area contributed by atoms with Gasteiger partial charge in [-0.2, -0.15) is 0 Å². The molecule has 0 amide bonds. The number of benzene rings is 2. The lowest BCUT2D eigenvalue weighted by Crippen LogP contribution is -2.16. The van der Waals surface area contributed by atoms with Gasteiger partial charge in [-0.3, -0.25) is 9.78 Å². The molecular weight excluding hydrogens is 272 g/mol. The lowest BCUT2D eigenvalue weighted by Gasteiger charge is -2.23. The summed E-state index contributed by atoms with van der Waals surface area (Å²) in [6, 6.07) is 8.50. The number of nitrogens with one attached hydrogen (secondary N) is 3. The molecule has 1 aromatic heterocycles. The van der Waals surface area contributed by atoms with Crippen LogP contribution >= 0.6 is 0 Å². The fourth-order valence-corrected chi connectivity index (χ4v) is 3.05. The molecule has 0 radical (unpaired) electrons. The van der Waals surface area contributed by atoms with Gasteiger partial charge in [0.2, 0.25) is 0 Å². The molecule has 1 aliphatic rings. The summed E-state index contributed by atoms with van der Waals surface area (Å²) in [5.74, 6) is 0. The van der Waals surface area contributed by atoms with Gasteiger partial charge in [0.05, 0.1) is 11.0 Å². The summed E-state index contributed by atoms with van der Waals surface area (Å²) in [5.41, 5.74) is 5.02. The first kappa shape index (κ1) is 12.7. The van der Waals surface area contributed by atoms with Crippen LogP contribution in [-0.2, 0) is 6.54 Å². The molecule has 3 N–H and O–H groups in total. The van der Waals surface area contributed by atoms with Gasteiger partial charge >= 0.3 is 0 Å². The summed E-state index contributed by atoms with van der Waals surface area (Å²) in [6.45, 7) is 0.835. The number of H-pyrrole nitrogens is 1. The van der Waals surface area contributed by atoms with E-state index in [2.05, 4.69) is 40.8 Å². The Morgan fingerprint density at radius 2 is 1.95 bits per heavy atom. The average molecular weight is 288 g/mol. The Balaban J connectivity index is 1.96. The van der Waals surface area contributed by atoms with Crippen LogP contribution in [0.1, 0.15) is 11.1 Å². The third-order valence-corrected chi connectivity index (χ3v) is 4.01. The predicted octanol–water partition coefficient (Wildman–Crippen LogP) is 3.87. The van der Waals surface area contributed by atoms with Crippen LogP contribution in [-0.4, -0.2) is 16.0 Å². The van der Waals surface area contributed by atoms with Crippen LogP contribution in [0.25, 0.3) is 34.1 Å². The van der Waals surface area contributed by atoms with E-state index in [0.717, 1.165) is 6.54 Å². The Labute approximate surface area is 127 Å². The Hall–Kier alpha value is -3.01. The number of rotatable bonds is 3. The maximum absolute atomic E-state index is 6.99. The minimum Gasteiger partial charge on any atom is -0.387 e. The van der Waals surface area contributed by atoms with Gasteiger partial charge in [-0.25, -0.2) is 0 Å². The van der Waals surface area contributed by atoms with Gasteiger partial charge in [0, 0.05) is 29.9 Å². The smallest absolute Gasteiger partial charge is 0.0935 e. The van der Waals surface area contributed by atoms with Crippen molar-refractivity contribution >= 4 is 40.3 Å². The molecule has 0 unspecified atom stereocenters. The second kappa shape index (κ2) is 5.07. The fourth-order valence-electron chi connectivity index (χ4n) is 3.05. The topological polar surface area (TPSA) is 56.6 Å². The summed E-state index contributed by atoms with van der Waals surface area (Å²) in [4.78, 5) is 0. The van der Waals surface area contributed by atoms with Crippen molar-refractivity contribution in [1.82, 2.24) is 15.1 Å². The lowest BCUT2D eigenvalue weighted by molar-refractivity contribution is 0.840. The Morgan fingerprint density at radius 1 is 1.09 bits per heavy atom. The first-order valence-electron chi connectivity index (χ1n) is 7.27. The van der Waals surface area contributed by atoms with E-state index in [1.165, 1.54) is 39.1 Å². The van der Waals surface area contributed by atoms with Crippen LogP contribution in [0, 0.1) is 5.41 Å². The van der Waals surface area contributed by atoms with Crippen LogP contribution < -0.4 is 5.32 Å². The number of hydrogen-bond donors (Lipinski definition) is 3. The van der Waals surface area contributed by atoms with Crippen LogP contribution in [0.2, 0.25) is 0 Å². The minimum atomic E-state index is 0.835. The lowest BCUT2D eigenvalue weighted by atomic mass is 9.94. The summed E-state index contributed by atoms with van der Waals surface area (Å²) in [5, 5.41) is 16.2. The Morgan fingerprint density at radius 3 is 2.82 bits per heavy atom. The molecule has 0 aliphatic carbocycles. The van der Waals surface area contributed by atoms with Gasteiger partial charge in [-0.1, -0.05) is 30.3 Å². The van der Waals surface area contributed by atoms with Gasteiger partial charge in [-0.05, 0) is 35.4 Å². The summed E-state index contributed by atoms with van der Waals surface area (Å²) in [7, 11) is 0. The van der Waals surface area contributed by atoms with Gasteiger partial charge in [0.1, 0.15) is 0 Å². The van der Waals surface area contributed by atoms with E-state index < -0.39 is 0 Å². The average Bonchev–Trinajstić information content (AvgIpc) is 2.54. The molecule has 1 aliphatic heterocycles. The zero-order valence-corrected chi connectivity index (χ0v) is 12.0. The van der Waals surface area contributed by atoms with Crippen molar-refractivity contribution in [2.75, 3.05) is 0 Å². The molecular formula is C18H16N4. The Bertz CT molecular complexity index is 950. The summed E-state index contributed by atoms with van der Waals surface area (Å²) >= 11 is 0. The van der Waals surface area contributed by atoms with Crippen LogP contribution in [0.4, 0.5) is 0 Å². The molecule has 0 saturated carbocycles. The molecule has 4 nitrogen and oxygen atoms in total. The third kappa shape index (κ3) is 1.81. The van der Waals surface area contributed by atoms with E-state index in [4.69, 9.17) is 5.41 Å². The molecule has 0 saturated heterocycles. The number of fused-ring (bicyclic) bond motifs is 6. The Kier molecular flexibility index (Phi) is 2.93. The first-order valence-corrected chi connectivity index (χ1v) is 7.27. The minimum absolute atomic E-state index is 0.835. The molecule has 2 heterocycles. The monoisotopic (exact) mass is 288 g/mol. The molecule has 108 valence electrons. The maximum atomic E-state index is 6.99. The molecule has 0 spiro atoms. The number of nitrogens with zero attached hydrogens (tertiary/aromatic N) is 1. The van der Waals surface area contributed by atoms with Crippen molar-refractivity contribution in [3.8, 4) is 0 Å². The van der Waals surface area contributed by atoms with Crippen molar-refractivity contribution in [2.45, 2.75) is 6.54 Å². The number of aromatic nitrogens is 2. The predicted molar refractivity (Wildman–Crippen MR) is 92.9 cm³/mol. The number of aromatic amines is 1. The zero-order chi connectivity index (χ0) is 14.9. The molecule has 0 bridgehead atoms. The summed E-state index contributed by atoms with van der Waals surface area (Å²) < 4.78 is 2.04. The highest BCUT2D eigenvalue weighted by atomic mass is 15.3. The van der Waals surface area contributed by atoms with E-state index in [-0.39, 0.29) is 0 Å². The highest BCUT2D eigenvalue weighted by Crippen LogP contribution is 2.35. The number of allylic oxidation sites excluding steroid dienone is 3. The molecule has 0 fully saturated rings. The van der Waals surface area contributed by atoms with Gasteiger partial charge in [-0.15, -0.1) is 0 Å². The highest BCUT2D eigenvalue weighted by Gasteiger charge is 2.19. The van der Waals surface area contributed by atoms with Crippen molar-refractivity contribution in [1.29, 1.82) is 5.41 Å². The van der Waals surface area contributed by atoms with Crippen LogP contribution in [0.3, 0.4) is 0 Å². The maximum Gasteiger partial charge on any atom is 0.0935 e.